The molecule has 0 saturated carbocycles. The van der Waals surface area contributed by atoms with Gasteiger partial charge in [0.1, 0.15) is 0 Å². The Kier molecular flexibility index (Phi) is 3.94. The predicted molar refractivity (Wildman–Crippen MR) is 73.3 cm³/mol. The fourth-order valence-corrected chi connectivity index (χ4v) is 1.90. The minimum Gasteiger partial charge on any atom is -0.384 e. The standard InChI is InChI=1S/C14H19N3/c1-11-4-5-12-13(16-8-3-2-7-15)6-9-17-14(12)10-11/h4-6,9-10H,2-3,7-8,15H2,1H3,(H,16,17). The van der Waals surface area contributed by atoms with Crippen LogP contribution in [0.4, 0.5) is 5.69 Å². The Bertz CT molecular complexity index is 494. The van der Waals surface area contributed by atoms with Crippen molar-refractivity contribution < 1.29 is 0 Å². The molecule has 0 aliphatic rings. The number of nitrogens with zero attached hydrogens (tertiary/aromatic N) is 1. The van der Waals surface area contributed by atoms with Gasteiger partial charge in [-0.2, -0.15) is 0 Å². The Morgan fingerprint density at radius 1 is 1.24 bits per heavy atom. The van der Waals surface area contributed by atoms with Crippen molar-refractivity contribution in [3.8, 4) is 0 Å². The zero-order chi connectivity index (χ0) is 12.1. The van der Waals surface area contributed by atoms with Crippen molar-refractivity contribution in [3.05, 3.63) is 36.0 Å². The van der Waals surface area contributed by atoms with Crippen molar-refractivity contribution >= 4 is 16.6 Å². The van der Waals surface area contributed by atoms with E-state index < -0.39 is 0 Å². The van der Waals surface area contributed by atoms with E-state index in [-0.39, 0.29) is 0 Å². The molecule has 0 aliphatic carbocycles. The summed E-state index contributed by atoms with van der Waals surface area (Å²) in [6.07, 6.45) is 4.02. The van der Waals surface area contributed by atoms with Crippen LogP contribution in [-0.2, 0) is 0 Å². The van der Waals surface area contributed by atoms with Crippen LogP contribution in [0.15, 0.2) is 30.5 Å². The van der Waals surface area contributed by atoms with Gasteiger partial charge in [0.05, 0.1) is 5.52 Å². The lowest BCUT2D eigenvalue weighted by Gasteiger charge is -2.09. The van der Waals surface area contributed by atoms with E-state index in [2.05, 4.69) is 35.4 Å². The van der Waals surface area contributed by atoms with E-state index in [0.29, 0.717) is 0 Å². The third-order valence-electron chi connectivity index (χ3n) is 2.84. The van der Waals surface area contributed by atoms with Crippen molar-refractivity contribution in [2.45, 2.75) is 19.8 Å². The van der Waals surface area contributed by atoms with Crippen molar-refractivity contribution in [2.24, 2.45) is 5.73 Å². The molecule has 17 heavy (non-hydrogen) atoms. The van der Waals surface area contributed by atoms with Gasteiger partial charge in [0.15, 0.2) is 0 Å². The van der Waals surface area contributed by atoms with Crippen LogP contribution in [0.1, 0.15) is 18.4 Å². The first-order chi connectivity index (χ1) is 8.31. The van der Waals surface area contributed by atoms with Gasteiger partial charge < -0.3 is 11.1 Å². The van der Waals surface area contributed by atoms with Gasteiger partial charge in [0.2, 0.25) is 0 Å². The highest BCUT2D eigenvalue weighted by Gasteiger charge is 2.01. The van der Waals surface area contributed by atoms with Crippen molar-refractivity contribution in [2.75, 3.05) is 18.4 Å². The van der Waals surface area contributed by atoms with Gasteiger partial charge in [0.25, 0.3) is 0 Å². The number of unbranched alkanes of at least 4 members (excludes halogenated alkanes) is 1. The molecule has 0 radical (unpaired) electrons. The van der Waals surface area contributed by atoms with E-state index >= 15 is 0 Å². The summed E-state index contributed by atoms with van der Waals surface area (Å²) in [6, 6.07) is 8.39. The number of aromatic nitrogens is 1. The smallest absolute Gasteiger partial charge is 0.0725 e. The topological polar surface area (TPSA) is 50.9 Å². The quantitative estimate of drug-likeness (QED) is 0.775. The maximum atomic E-state index is 5.48. The van der Waals surface area contributed by atoms with Crippen LogP contribution in [0, 0.1) is 6.92 Å². The molecule has 0 saturated heterocycles. The number of hydrogen-bond acceptors (Lipinski definition) is 3. The molecule has 0 bridgehead atoms. The van der Waals surface area contributed by atoms with Crippen LogP contribution in [0.3, 0.4) is 0 Å². The number of pyridine rings is 1. The average molecular weight is 229 g/mol. The highest BCUT2D eigenvalue weighted by molar-refractivity contribution is 5.91. The SMILES string of the molecule is Cc1ccc2c(NCCCCN)ccnc2c1. The Morgan fingerprint density at radius 3 is 2.94 bits per heavy atom. The van der Waals surface area contributed by atoms with E-state index in [1.165, 1.54) is 10.9 Å². The molecule has 2 rings (SSSR count). The summed E-state index contributed by atoms with van der Waals surface area (Å²) in [7, 11) is 0. The summed E-state index contributed by atoms with van der Waals surface area (Å²) in [5, 5.41) is 4.63. The molecule has 1 aromatic heterocycles. The van der Waals surface area contributed by atoms with Crippen LogP contribution < -0.4 is 11.1 Å². The molecule has 0 fully saturated rings. The second-order valence-corrected chi connectivity index (χ2v) is 4.30. The van der Waals surface area contributed by atoms with Crippen molar-refractivity contribution in [3.63, 3.8) is 0 Å². The number of rotatable bonds is 5. The number of nitrogens with two attached hydrogens (primary N) is 1. The summed E-state index contributed by atoms with van der Waals surface area (Å²) in [6.45, 7) is 3.81. The van der Waals surface area contributed by atoms with Gasteiger partial charge in [-0.15, -0.1) is 0 Å². The summed E-state index contributed by atoms with van der Waals surface area (Å²) in [5.74, 6) is 0. The van der Waals surface area contributed by atoms with Crippen LogP contribution in [0.5, 0.6) is 0 Å². The molecule has 3 nitrogen and oxygen atoms in total. The van der Waals surface area contributed by atoms with E-state index in [9.17, 15) is 0 Å². The molecule has 0 amide bonds. The van der Waals surface area contributed by atoms with Crippen LogP contribution in [-0.4, -0.2) is 18.1 Å². The second-order valence-electron chi connectivity index (χ2n) is 4.30. The number of nitrogens with one attached hydrogen (secondary N) is 1. The summed E-state index contributed by atoms with van der Waals surface area (Å²) >= 11 is 0. The third kappa shape index (κ3) is 2.94. The highest BCUT2D eigenvalue weighted by atomic mass is 14.9. The average Bonchev–Trinajstić information content (AvgIpc) is 2.34. The monoisotopic (exact) mass is 229 g/mol. The number of fused-ring (bicyclic) bond motifs is 1. The van der Waals surface area contributed by atoms with E-state index in [1.807, 2.05) is 12.3 Å². The number of anilines is 1. The summed E-state index contributed by atoms with van der Waals surface area (Å²) in [4.78, 5) is 4.39. The largest absolute Gasteiger partial charge is 0.384 e. The molecule has 0 atom stereocenters. The molecule has 1 heterocycles. The normalized spacial score (nSPS) is 10.7. The Balaban J connectivity index is 2.16. The van der Waals surface area contributed by atoms with Gasteiger partial charge in [-0.3, -0.25) is 4.98 Å². The minimum absolute atomic E-state index is 0.762. The molecule has 0 spiro atoms. The number of aryl methyl sites for hydroxylation is 1. The van der Waals surface area contributed by atoms with Gasteiger partial charge >= 0.3 is 0 Å². The minimum atomic E-state index is 0.762. The molecule has 90 valence electrons. The molecule has 3 N–H and O–H groups in total. The fraction of sp³-hybridized carbons (Fsp3) is 0.357. The first-order valence-corrected chi connectivity index (χ1v) is 6.10. The zero-order valence-corrected chi connectivity index (χ0v) is 10.2. The predicted octanol–water partition coefficient (Wildman–Crippen LogP) is 2.69. The molecule has 1 aromatic carbocycles. The molecule has 0 aliphatic heterocycles. The lowest BCUT2D eigenvalue weighted by Crippen LogP contribution is -2.06. The maximum absolute atomic E-state index is 5.48. The maximum Gasteiger partial charge on any atom is 0.0725 e. The van der Waals surface area contributed by atoms with Crippen LogP contribution in [0.25, 0.3) is 10.9 Å². The molecule has 2 aromatic rings. The summed E-state index contributed by atoms with van der Waals surface area (Å²) in [5.41, 5.74) is 8.93. The molecule has 0 unspecified atom stereocenters. The summed E-state index contributed by atoms with van der Waals surface area (Å²) < 4.78 is 0. The van der Waals surface area contributed by atoms with Crippen LogP contribution >= 0.6 is 0 Å². The van der Waals surface area contributed by atoms with Crippen molar-refractivity contribution in [1.29, 1.82) is 0 Å². The zero-order valence-electron chi connectivity index (χ0n) is 10.2. The molecular formula is C14H19N3. The Labute approximate surface area is 102 Å². The number of hydrogen-bond donors (Lipinski definition) is 2. The van der Waals surface area contributed by atoms with Crippen molar-refractivity contribution in [1.82, 2.24) is 4.98 Å². The third-order valence-corrected chi connectivity index (χ3v) is 2.84. The fourth-order valence-electron chi connectivity index (χ4n) is 1.90. The number of benzene rings is 1. The van der Waals surface area contributed by atoms with E-state index in [1.54, 1.807) is 0 Å². The van der Waals surface area contributed by atoms with E-state index in [0.717, 1.165) is 37.1 Å². The molecule has 3 heteroatoms. The van der Waals surface area contributed by atoms with Gasteiger partial charge in [-0.05, 0) is 44.0 Å². The van der Waals surface area contributed by atoms with Gasteiger partial charge in [0, 0.05) is 23.8 Å². The van der Waals surface area contributed by atoms with Gasteiger partial charge in [-0.25, -0.2) is 0 Å². The first-order valence-electron chi connectivity index (χ1n) is 6.10. The lowest BCUT2D eigenvalue weighted by molar-refractivity contribution is 0.774. The second kappa shape index (κ2) is 5.64. The highest BCUT2D eigenvalue weighted by Crippen LogP contribution is 2.22. The first kappa shape index (κ1) is 11.9. The molecular weight excluding hydrogens is 210 g/mol. The Hall–Kier alpha value is -1.61. The Morgan fingerprint density at radius 2 is 2.12 bits per heavy atom. The van der Waals surface area contributed by atoms with E-state index in [4.69, 9.17) is 5.73 Å². The van der Waals surface area contributed by atoms with Crippen LogP contribution in [0.2, 0.25) is 0 Å². The van der Waals surface area contributed by atoms with Gasteiger partial charge in [-0.1, -0.05) is 12.1 Å². The lowest BCUT2D eigenvalue weighted by atomic mass is 10.1.